The molecule has 0 aromatic heterocycles. The minimum absolute atomic E-state index is 0.0936. The first-order valence-corrected chi connectivity index (χ1v) is 32.0. The molecule has 15 fully saturated rings. The summed E-state index contributed by atoms with van der Waals surface area (Å²) in [6.07, 6.45) is 6.38. The van der Waals surface area contributed by atoms with E-state index in [0.717, 1.165) is 32.0 Å². The van der Waals surface area contributed by atoms with Gasteiger partial charge in [0.15, 0.2) is 0 Å². The van der Waals surface area contributed by atoms with Gasteiger partial charge in [0.05, 0.1) is 188 Å². The summed E-state index contributed by atoms with van der Waals surface area (Å²) in [6.45, 7) is 11.6. The number of ether oxygens (including phenoxy) is 15. The summed E-state index contributed by atoms with van der Waals surface area (Å²) in [5.74, 6) is 0. The Balaban J connectivity index is 0.568. The van der Waals surface area contributed by atoms with Crippen molar-refractivity contribution in [3.8, 4) is 0 Å². The van der Waals surface area contributed by atoms with Gasteiger partial charge < -0.3 is 91.5 Å². The molecule has 33 atom stereocenters. The normalized spacial score (nSPS) is 59.7. The standard InChI is InChI=1S/C62H92O20/c1-29(27-63)7-8-30-25-59(3)54(68-30)15-31(65)57-49(80-59)21-40-42(78-57)17-36-38(71-40)19-47-45(72-36)23-55-58(2,79-47)14-13-34-32(75-55)9-10-33-35(70-34)16-41-44(69-33)22-52(67)62(6)56(77-41)24-46-48(81-62)20-39-37(73-46)18-43-50(74-39)26-60(4)53(76-43)12-11-51(66)61(5,28-64)82-60/h7,27,30-57,64-67H,8-26,28H2,1-6H3. The Morgan fingerprint density at radius 1 is 0.439 bits per heavy atom. The Morgan fingerprint density at radius 2 is 0.939 bits per heavy atom. The second kappa shape index (κ2) is 21.1. The van der Waals surface area contributed by atoms with Crippen LogP contribution in [0.15, 0.2) is 11.6 Å². The van der Waals surface area contributed by atoms with Gasteiger partial charge in [0.1, 0.15) is 23.6 Å². The molecule has 82 heavy (non-hydrogen) atoms. The third kappa shape index (κ3) is 9.83. The topological polar surface area (TPSA) is 236 Å². The lowest BCUT2D eigenvalue weighted by Crippen LogP contribution is -2.67. The highest BCUT2D eigenvalue weighted by Gasteiger charge is 2.64. The number of aliphatic hydroxyl groups excluding tert-OH is 4. The van der Waals surface area contributed by atoms with Crippen LogP contribution in [-0.4, -0.2) is 232 Å². The summed E-state index contributed by atoms with van der Waals surface area (Å²) in [5.41, 5.74) is -3.28. The summed E-state index contributed by atoms with van der Waals surface area (Å²) in [4.78, 5) is 11.2. The molecule has 15 rings (SSSR count). The predicted molar refractivity (Wildman–Crippen MR) is 286 cm³/mol. The Bertz CT molecular complexity index is 2400. The molecule has 33 unspecified atom stereocenters. The lowest BCUT2D eigenvalue weighted by atomic mass is 9.78. The lowest BCUT2D eigenvalue weighted by Gasteiger charge is -2.57. The number of carbonyl (C=O) groups excluding carboxylic acids is 1. The molecule has 15 aliphatic heterocycles. The number of aldehydes is 1. The first kappa shape index (κ1) is 57.1. The number of rotatable bonds is 4. The maximum Gasteiger partial charge on any atom is 0.145 e. The number of allylic oxidation sites excluding steroid dienone is 1. The highest BCUT2D eigenvalue weighted by Crippen LogP contribution is 2.54. The van der Waals surface area contributed by atoms with Crippen LogP contribution in [-0.2, 0) is 75.8 Å². The number of carbonyl (C=O) groups is 1. The molecule has 0 radical (unpaired) electrons. The molecule has 0 aromatic carbocycles. The second-order valence-electron chi connectivity index (χ2n) is 29.2. The van der Waals surface area contributed by atoms with Crippen LogP contribution in [0.1, 0.15) is 164 Å². The van der Waals surface area contributed by atoms with Gasteiger partial charge in [-0.25, -0.2) is 0 Å². The van der Waals surface area contributed by atoms with Gasteiger partial charge in [0.25, 0.3) is 0 Å². The fourth-order valence-corrected chi connectivity index (χ4v) is 18.6. The van der Waals surface area contributed by atoms with Crippen molar-refractivity contribution in [3.63, 3.8) is 0 Å². The quantitative estimate of drug-likeness (QED) is 0.229. The maximum absolute atomic E-state index is 12.2. The Morgan fingerprint density at radius 3 is 1.63 bits per heavy atom. The molecule has 4 N–H and O–H groups in total. The molecule has 460 valence electrons. The van der Waals surface area contributed by atoms with Crippen molar-refractivity contribution in [3.05, 3.63) is 11.6 Å². The summed E-state index contributed by atoms with van der Waals surface area (Å²) in [7, 11) is 0. The highest BCUT2D eigenvalue weighted by atomic mass is 16.7. The molecule has 15 heterocycles. The zero-order chi connectivity index (χ0) is 56.4. The van der Waals surface area contributed by atoms with Crippen LogP contribution in [0.4, 0.5) is 0 Å². The van der Waals surface area contributed by atoms with Crippen molar-refractivity contribution < 1.29 is 96.3 Å². The third-order valence-corrected chi connectivity index (χ3v) is 23.4. The van der Waals surface area contributed by atoms with Crippen molar-refractivity contribution in [2.75, 3.05) is 6.61 Å². The van der Waals surface area contributed by atoms with Gasteiger partial charge >= 0.3 is 0 Å². The van der Waals surface area contributed by atoms with Crippen molar-refractivity contribution >= 4 is 6.29 Å². The molecular weight excluding hydrogens is 1060 g/mol. The van der Waals surface area contributed by atoms with Gasteiger partial charge in [0, 0.05) is 77.0 Å². The summed E-state index contributed by atoms with van der Waals surface area (Å²) in [5, 5.41) is 45.0. The smallest absolute Gasteiger partial charge is 0.145 e. The van der Waals surface area contributed by atoms with Crippen molar-refractivity contribution in [1.29, 1.82) is 0 Å². The molecule has 0 saturated carbocycles. The largest absolute Gasteiger partial charge is 0.393 e. The lowest BCUT2D eigenvalue weighted by molar-refractivity contribution is -0.339. The second-order valence-corrected chi connectivity index (χ2v) is 29.2. The van der Waals surface area contributed by atoms with Gasteiger partial charge in [-0.3, -0.25) is 4.79 Å². The Kier molecular flexibility index (Phi) is 14.7. The molecule has 20 heteroatoms. The zero-order valence-corrected chi connectivity index (χ0v) is 48.8. The molecule has 0 aliphatic carbocycles. The minimum atomic E-state index is -1.09. The highest BCUT2D eigenvalue weighted by molar-refractivity contribution is 5.71. The van der Waals surface area contributed by atoms with Crippen LogP contribution in [0, 0.1) is 0 Å². The van der Waals surface area contributed by atoms with E-state index < -0.39 is 58.5 Å². The van der Waals surface area contributed by atoms with E-state index in [-0.39, 0.29) is 147 Å². The molecule has 0 spiro atoms. The van der Waals surface area contributed by atoms with Gasteiger partial charge in [-0.2, -0.15) is 0 Å². The number of hydrogen-bond acceptors (Lipinski definition) is 20. The fraction of sp³-hybridized carbons (Fsp3) is 0.952. The SMILES string of the molecule is CC(C=O)=CCC1CC2(C)OC3CC4OC5CC6OC7(C)CCC8OC9CC%10OC%11CC%12OC%13CC%14OC%15CCC(O)C(C)(CO)OC%15(C)CC%14OC%13CC%12OC%11(C)C(O)CC%10OC9CCC8OC7CC6OC5CC4OC3C(O)CC2O1. The number of hydrogen-bond donors (Lipinski definition) is 4. The van der Waals surface area contributed by atoms with Gasteiger partial charge in [-0.15, -0.1) is 0 Å². The number of aliphatic hydroxyl groups is 4. The first-order valence-electron chi connectivity index (χ1n) is 32.0. The van der Waals surface area contributed by atoms with Crippen molar-refractivity contribution in [2.45, 2.75) is 362 Å². The zero-order valence-electron chi connectivity index (χ0n) is 48.8. The van der Waals surface area contributed by atoms with Crippen LogP contribution in [0.5, 0.6) is 0 Å². The molecule has 15 aliphatic rings. The van der Waals surface area contributed by atoms with Crippen LogP contribution in [0.3, 0.4) is 0 Å². The predicted octanol–water partition coefficient (Wildman–Crippen LogP) is 4.08. The minimum Gasteiger partial charge on any atom is -0.393 e. The summed E-state index contributed by atoms with van der Waals surface area (Å²) in [6, 6.07) is 0. The van der Waals surface area contributed by atoms with E-state index in [1.165, 1.54) is 0 Å². The van der Waals surface area contributed by atoms with Crippen LogP contribution < -0.4 is 0 Å². The molecular formula is C62H92O20. The van der Waals surface area contributed by atoms with Crippen LogP contribution >= 0.6 is 0 Å². The molecule has 15 saturated heterocycles. The van der Waals surface area contributed by atoms with Gasteiger partial charge in [0.2, 0.25) is 0 Å². The van der Waals surface area contributed by atoms with E-state index in [4.69, 9.17) is 71.1 Å². The Labute approximate surface area is 481 Å². The van der Waals surface area contributed by atoms with E-state index in [9.17, 15) is 25.2 Å². The first-order chi connectivity index (χ1) is 39.3. The average molecular weight is 1160 g/mol. The monoisotopic (exact) mass is 1160 g/mol. The summed E-state index contributed by atoms with van der Waals surface area (Å²) >= 11 is 0. The van der Waals surface area contributed by atoms with E-state index in [0.29, 0.717) is 102 Å². The van der Waals surface area contributed by atoms with Gasteiger partial charge in [-0.05, 0) is 92.1 Å². The molecule has 0 bridgehead atoms. The van der Waals surface area contributed by atoms with Gasteiger partial charge in [-0.1, -0.05) is 6.08 Å². The van der Waals surface area contributed by atoms with E-state index in [2.05, 4.69) is 13.8 Å². The summed E-state index contributed by atoms with van der Waals surface area (Å²) < 4.78 is 104. The van der Waals surface area contributed by atoms with Crippen molar-refractivity contribution in [2.24, 2.45) is 0 Å². The van der Waals surface area contributed by atoms with Crippen molar-refractivity contribution in [1.82, 2.24) is 0 Å². The third-order valence-electron chi connectivity index (χ3n) is 23.4. The van der Waals surface area contributed by atoms with E-state index in [1.807, 2.05) is 19.9 Å². The molecule has 0 amide bonds. The number of fused-ring (bicyclic) bond motifs is 14. The molecule has 0 aromatic rings. The average Bonchev–Trinajstić information content (AvgIpc) is 3.83. The van der Waals surface area contributed by atoms with Crippen LogP contribution in [0.2, 0.25) is 0 Å². The van der Waals surface area contributed by atoms with E-state index in [1.54, 1.807) is 13.8 Å². The molecule has 20 nitrogen and oxygen atoms in total. The fourth-order valence-electron chi connectivity index (χ4n) is 18.6. The Hall–Kier alpha value is -1.35. The van der Waals surface area contributed by atoms with E-state index >= 15 is 0 Å². The van der Waals surface area contributed by atoms with Crippen LogP contribution in [0.25, 0.3) is 0 Å². The maximum atomic E-state index is 12.2.